The summed E-state index contributed by atoms with van der Waals surface area (Å²) in [7, 11) is 0. The Bertz CT molecular complexity index is 1120. The van der Waals surface area contributed by atoms with Crippen molar-refractivity contribution in [3.05, 3.63) is 101 Å². The molecular formula is C24H20ClN3S. The number of thioether (sulfide) groups is 1. The van der Waals surface area contributed by atoms with E-state index in [1.165, 1.54) is 11.1 Å². The van der Waals surface area contributed by atoms with Crippen LogP contribution in [-0.4, -0.2) is 20.5 Å². The van der Waals surface area contributed by atoms with E-state index in [1.54, 1.807) is 11.8 Å². The fourth-order valence-corrected chi connectivity index (χ4v) is 3.92. The number of halogens is 1. The lowest BCUT2D eigenvalue weighted by Gasteiger charge is -2.10. The first-order valence-electron chi connectivity index (χ1n) is 9.33. The van der Waals surface area contributed by atoms with Crippen LogP contribution in [0.25, 0.3) is 23.2 Å². The quantitative estimate of drug-likeness (QED) is 0.327. The molecule has 0 spiro atoms. The SMILES string of the molecule is Cc1cccc(-c2nnc(SC/C=C/c3ccccc3)n2-c2ccc(Cl)cc2)c1. The van der Waals surface area contributed by atoms with Crippen molar-refractivity contribution in [2.24, 2.45) is 0 Å². The Morgan fingerprint density at radius 2 is 1.72 bits per heavy atom. The van der Waals surface area contributed by atoms with Crippen molar-refractivity contribution < 1.29 is 0 Å². The summed E-state index contributed by atoms with van der Waals surface area (Å²) >= 11 is 7.75. The average molecular weight is 418 g/mol. The van der Waals surface area contributed by atoms with Gasteiger partial charge in [0.05, 0.1) is 0 Å². The Morgan fingerprint density at radius 1 is 0.931 bits per heavy atom. The predicted molar refractivity (Wildman–Crippen MR) is 123 cm³/mol. The van der Waals surface area contributed by atoms with Crippen LogP contribution in [0.3, 0.4) is 0 Å². The highest BCUT2D eigenvalue weighted by Crippen LogP contribution is 2.29. The molecule has 0 radical (unpaired) electrons. The van der Waals surface area contributed by atoms with E-state index in [9.17, 15) is 0 Å². The Hall–Kier alpha value is -2.82. The summed E-state index contributed by atoms with van der Waals surface area (Å²) in [5.74, 6) is 1.62. The van der Waals surface area contributed by atoms with E-state index in [2.05, 4.69) is 64.2 Å². The summed E-state index contributed by atoms with van der Waals surface area (Å²) in [6.45, 7) is 2.08. The standard InChI is InChI=1S/C24H20ClN3S/c1-18-7-5-11-20(17-18)23-26-27-24(28(23)22-14-12-21(25)13-15-22)29-16-6-10-19-8-3-2-4-9-19/h2-15,17H,16H2,1H3/b10-6+. The zero-order valence-electron chi connectivity index (χ0n) is 16.0. The van der Waals surface area contributed by atoms with E-state index in [1.807, 2.05) is 48.5 Å². The molecule has 4 aromatic rings. The number of hydrogen-bond donors (Lipinski definition) is 0. The molecule has 1 heterocycles. The number of rotatable bonds is 6. The Kier molecular flexibility index (Phi) is 6.13. The van der Waals surface area contributed by atoms with Gasteiger partial charge in [0.15, 0.2) is 11.0 Å². The second-order valence-electron chi connectivity index (χ2n) is 6.61. The molecule has 0 bridgehead atoms. The van der Waals surface area contributed by atoms with Crippen molar-refractivity contribution >= 4 is 29.4 Å². The van der Waals surface area contributed by atoms with Crippen LogP contribution in [0.5, 0.6) is 0 Å². The first-order chi connectivity index (χ1) is 14.2. The van der Waals surface area contributed by atoms with Gasteiger partial charge in [0.25, 0.3) is 0 Å². The molecule has 0 unspecified atom stereocenters. The zero-order valence-corrected chi connectivity index (χ0v) is 17.6. The molecule has 0 atom stereocenters. The van der Waals surface area contributed by atoms with Crippen LogP contribution in [0.2, 0.25) is 5.02 Å². The van der Waals surface area contributed by atoms with Gasteiger partial charge in [-0.15, -0.1) is 10.2 Å². The summed E-state index contributed by atoms with van der Waals surface area (Å²) in [6.07, 6.45) is 4.27. The van der Waals surface area contributed by atoms with Gasteiger partial charge in [-0.1, -0.05) is 89.6 Å². The maximum absolute atomic E-state index is 6.10. The van der Waals surface area contributed by atoms with E-state index in [0.717, 1.165) is 28.0 Å². The van der Waals surface area contributed by atoms with Gasteiger partial charge in [0, 0.05) is 22.0 Å². The summed E-state index contributed by atoms with van der Waals surface area (Å²) in [6, 6.07) is 26.4. The zero-order chi connectivity index (χ0) is 20.1. The minimum atomic E-state index is 0.707. The van der Waals surface area contributed by atoms with Gasteiger partial charge < -0.3 is 0 Å². The van der Waals surface area contributed by atoms with Gasteiger partial charge in [-0.05, 0) is 42.8 Å². The third-order valence-electron chi connectivity index (χ3n) is 4.41. The van der Waals surface area contributed by atoms with Crippen LogP contribution in [-0.2, 0) is 0 Å². The van der Waals surface area contributed by atoms with Gasteiger partial charge in [-0.2, -0.15) is 0 Å². The lowest BCUT2D eigenvalue weighted by atomic mass is 10.1. The summed E-state index contributed by atoms with van der Waals surface area (Å²) in [4.78, 5) is 0. The van der Waals surface area contributed by atoms with Gasteiger partial charge in [0.1, 0.15) is 0 Å². The van der Waals surface area contributed by atoms with Gasteiger partial charge in [0.2, 0.25) is 0 Å². The number of aryl methyl sites for hydroxylation is 1. The molecule has 0 N–H and O–H groups in total. The molecule has 0 aliphatic rings. The molecule has 144 valence electrons. The van der Waals surface area contributed by atoms with E-state index in [-0.39, 0.29) is 0 Å². The summed E-state index contributed by atoms with van der Waals surface area (Å²) in [5.41, 5.74) is 4.41. The van der Waals surface area contributed by atoms with Crippen molar-refractivity contribution in [2.75, 3.05) is 5.75 Å². The Balaban J connectivity index is 1.64. The third-order valence-corrected chi connectivity index (χ3v) is 5.55. The molecule has 0 amide bonds. The molecule has 0 aliphatic heterocycles. The lowest BCUT2D eigenvalue weighted by Crippen LogP contribution is -1.99. The van der Waals surface area contributed by atoms with Gasteiger partial charge in [-0.3, -0.25) is 4.57 Å². The van der Waals surface area contributed by atoms with Crippen LogP contribution in [0.4, 0.5) is 0 Å². The maximum atomic E-state index is 6.10. The smallest absolute Gasteiger partial charge is 0.196 e. The highest BCUT2D eigenvalue weighted by molar-refractivity contribution is 7.99. The molecular weight excluding hydrogens is 398 g/mol. The summed E-state index contributed by atoms with van der Waals surface area (Å²) < 4.78 is 2.09. The molecule has 3 nitrogen and oxygen atoms in total. The number of aromatic nitrogens is 3. The van der Waals surface area contributed by atoms with E-state index < -0.39 is 0 Å². The van der Waals surface area contributed by atoms with Crippen molar-refractivity contribution in [2.45, 2.75) is 12.1 Å². The third kappa shape index (κ3) is 4.78. The average Bonchev–Trinajstić information content (AvgIpc) is 3.16. The number of benzene rings is 3. The van der Waals surface area contributed by atoms with Crippen LogP contribution >= 0.6 is 23.4 Å². The molecule has 5 heteroatoms. The Morgan fingerprint density at radius 3 is 2.48 bits per heavy atom. The largest absolute Gasteiger partial charge is 0.270 e. The normalized spacial score (nSPS) is 11.2. The van der Waals surface area contributed by atoms with E-state index >= 15 is 0 Å². The van der Waals surface area contributed by atoms with Crippen LogP contribution in [0.15, 0.2) is 90.1 Å². The van der Waals surface area contributed by atoms with Crippen molar-refractivity contribution in [3.63, 3.8) is 0 Å². The summed E-state index contributed by atoms with van der Waals surface area (Å²) in [5, 5.41) is 10.5. The van der Waals surface area contributed by atoms with Crippen LogP contribution < -0.4 is 0 Å². The van der Waals surface area contributed by atoms with Crippen molar-refractivity contribution in [1.29, 1.82) is 0 Å². The molecule has 29 heavy (non-hydrogen) atoms. The van der Waals surface area contributed by atoms with Crippen molar-refractivity contribution in [1.82, 2.24) is 14.8 Å². The minimum absolute atomic E-state index is 0.707. The number of nitrogens with zero attached hydrogens (tertiary/aromatic N) is 3. The van der Waals surface area contributed by atoms with Gasteiger partial charge >= 0.3 is 0 Å². The Labute approximate surface area is 180 Å². The number of hydrogen-bond acceptors (Lipinski definition) is 3. The molecule has 0 saturated heterocycles. The van der Waals surface area contributed by atoms with E-state index in [0.29, 0.717) is 5.02 Å². The topological polar surface area (TPSA) is 30.7 Å². The monoisotopic (exact) mass is 417 g/mol. The lowest BCUT2D eigenvalue weighted by molar-refractivity contribution is 0.888. The molecule has 1 aromatic heterocycles. The van der Waals surface area contributed by atoms with Gasteiger partial charge in [-0.25, -0.2) is 0 Å². The van der Waals surface area contributed by atoms with Crippen molar-refractivity contribution in [3.8, 4) is 17.1 Å². The molecule has 0 saturated carbocycles. The predicted octanol–water partition coefficient (Wildman–Crippen LogP) is 6.70. The fraction of sp³-hybridized carbons (Fsp3) is 0.0833. The first-order valence-corrected chi connectivity index (χ1v) is 10.7. The minimum Gasteiger partial charge on any atom is -0.270 e. The second kappa shape index (κ2) is 9.12. The fourth-order valence-electron chi connectivity index (χ4n) is 3.03. The second-order valence-corrected chi connectivity index (χ2v) is 8.04. The molecule has 0 fully saturated rings. The van der Waals surface area contributed by atoms with Crippen LogP contribution in [0, 0.1) is 6.92 Å². The van der Waals surface area contributed by atoms with Crippen LogP contribution in [0.1, 0.15) is 11.1 Å². The molecule has 3 aromatic carbocycles. The van der Waals surface area contributed by atoms with E-state index in [4.69, 9.17) is 11.6 Å². The molecule has 0 aliphatic carbocycles. The molecule has 4 rings (SSSR count). The highest BCUT2D eigenvalue weighted by Gasteiger charge is 2.16. The maximum Gasteiger partial charge on any atom is 0.196 e. The first kappa shape index (κ1) is 19.5. The highest BCUT2D eigenvalue weighted by atomic mass is 35.5.